The maximum absolute atomic E-state index is 14.5. The van der Waals surface area contributed by atoms with Crippen molar-refractivity contribution in [2.45, 2.75) is 12.5 Å². The van der Waals surface area contributed by atoms with Gasteiger partial charge >= 0.3 is 5.91 Å². The van der Waals surface area contributed by atoms with E-state index in [2.05, 4.69) is 9.82 Å². The first kappa shape index (κ1) is 19.8. The second-order valence-electron chi connectivity index (χ2n) is 6.87. The van der Waals surface area contributed by atoms with Crippen molar-refractivity contribution in [3.05, 3.63) is 89.6 Å². The summed E-state index contributed by atoms with van der Waals surface area (Å²) in [6, 6.07) is 15.3. The number of halogens is 1. The quantitative estimate of drug-likeness (QED) is 0.671. The van der Waals surface area contributed by atoms with E-state index in [1.165, 1.54) is 23.4 Å². The zero-order valence-corrected chi connectivity index (χ0v) is 16.8. The van der Waals surface area contributed by atoms with Crippen LogP contribution in [-0.4, -0.2) is 31.3 Å². The highest BCUT2D eigenvalue weighted by atomic mass is 32.2. The molecular weight excluding hydrogens is 409 g/mol. The number of rotatable bonds is 5. The molecule has 0 aliphatic carbocycles. The molecule has 3 aromatic rings. The van der Waals surface area contributed by atoms with E-state index in [1.807, 2.05) is 0 Å². The van der Waals surface area contributed by atoms with E-state index in [9.17, 15) is 17.6 Å². The van der Waals surface area contributed by atoms with Crippen molar-refractivity contribution in [1.29, 1.82) is 0 Å². The Kier molecular flexibility index (Phi) is 5.13. The van der Waals surface area contributed by atoms with Gasteiger partial charge in [-0.1, -0.05) is 30.3 Å². The fourth-order valence-corrected chi connectivity index (χ4v) is 3.90. The molecule has 7 nitrogen and oxygen atoms in total. The van der Waals surface area contributed by atoms with Gasteiger partial charge in [-0.2, -0.15) is 5.10 Å². The molecule has 1 amide bonds. The third kappa shape index (κ3) is 4.11. The summed E-state index contributed by atoms with van der Waals surface area (Å²) < 4.78 is 45.2. The molecule has 0 spiro atoms. The summed E-state index contributed by atoms with van der Waals surface area (Å²) in [6.07, 6.45) is 2.70. The fraction of sp³-hybridized carbons (Fsp3) is 0.143. The topological polar surface area (TPSA) is 92.0 Å². The van der Waals surface area contributed by atoms with E-state index in [0.717, 1.165) is 6.26 Å². The molecule has 0 bridgehead atoms. The Labute approximate surface area is 172 Å². The molecule has 154 valence electrons. The summed E-state index contributed by atoms with van der Waals surface area (Å²) in [5, 5.41) is 5.66. The van der Waals surface area contributed by atoms with Gasteiger partial charge in [-0.3, -0.25) is 9.52 Å². The van der Waals surface area contributed by atoms with Gasteiger partial charge in [0.1, 0.15) is 5.82 Å². The number of amides is 1. The Morgan fingerprint density at radius 1 is 1.17 bits per heavy atom. The lowest BCUT2D eigenvalue weighted by atomic mass is 9.97. The van der Waals surface area contributed by atoms with Gasteiger partial charge in [-0.05, 0) is 35.9 Å². The summed E-state index contributed by atoms with van der Waals surface area (Å²) in [7, 11) is -3.45. The van der Waals surface area contributed by atoms with Gasteiger partial charge in [0.15, 0.2) is 5.76 Å². The number of carbonyl (C=O) groups excluding carboxylic acids is 1. The predicted molar refractivity (Wildman–Crippen MR) is 110 cm³/mol. The minimum atomic E-state index is -3.45. The number of nitrogens with zero attached hydrogens (tertiary/aromatic N) is 2. The lowest BCUT2D eigenvalue weighted by molar-refractivity contribution is 0.0676. The molecule has 2 aromatic carbocycles. The smallest absolute Gasteiger partial charge is 0.310 e. The molecule has 1 aliphatic heterocycles. The van der Waals surface area contributed by atoms with Gasteiger partial charge in [-0.25, -0.2) is 17.8 Å². The van der Waals surface area contributed by atoms with Crippen molar-refractivity contribution in [1.82, 2.24) is 5.01 Å². The van der Waals surface area contributed by atoms with Crippen LogP contribution in [0.5, 0.6) is 0 Å². The molecule has 0 unspecified atom stereocenters. The van der Waals surface area contributed by atoms with Crippen molar-refractivity contribution in [2.24, 2.45) is 5.10 Å². The highest BCUT2D eigenvalue weighted by molar-refractivity contribution is 7.92. The van der Waals surface area contributed by atoms with Crippen LogP contribution in [0.4, 0.5) is 10.1 Å². The van der Waals surface area contributed by atoms with Crippen molar-refractivity contribution >= 4 is 27.3 Å². The summed E-state index contributed by atoms with van der Waals surface area (Å²) in [5.41, 5.74) is 1.86. The van der Waals surface area contributed by atoms with Crippen LogP contribution in [0.15, 0.2) is 76.4 Å². The van der Waals surface area contributed by atoms with Gasteiger partial charge in [-0.15, -0.1) is 0 Å². The van der Waals surface area contributed by atoms with Crippen molar-refractivity contribution in [2.75, 3.05) is 11.0 Å². The zero-order valence-electron chi connectivity index (χ0n) is 15.9. The van der Waals surface area contributed by atoms with E-state index < -0.39 is 27.8 Å². The van der Waals surface area contributed by atoms with Crippen LogP contribution in [0.1, 0.15) is 34.1 Å². The van der Waals surface area contributed by atoms with E-state index in [4.69, 9.17) is 4.42 Å². The number of carbonyl (C=O) groups is 1. The summed E-state index contributed by atoms with van der Waals surface area (Å²) in [4.78, 5) is 12.9. The standard InChI is InChI=1S/C21H18FN3O4S/c1-30(27,28)24-15-7-4-6-14(12-15)18-13-19(16-8-2-3-9-17(16)22)25(23-18)21(26)20-10-5-11-29-20/h2-12,19,24H,13H2,1H3/t19-/m1/s1. The number of hydrogen-bond acceptors (Lipinski definition) is 5. The van der Waals surface area contributed by atoms with E-state index in [-0.39, 0.29) is 12.2 Å². The minimum absolute atomic E-state index is 0.0915. The molecule has 30 heavy (non-hydrogen) atoms. The first-order valence-corrected chi connectivity index (χ1v) is 11.0. The first-order chi connectivity index (χ1) is 14.3. The summed E-state index contributed by atoms with van der Waals surface area (Å²) in [6.45, 7) is 0. The monoisotopic (exact) mass is 427 g/mol. The van der Waals surface area contributed by atoms with Crippen molar-refractivity contribution in [3.63, 3.8) is 0 Å². The molecule has 1 atom stereocenters. The van der Waals surface area contributed by atoms with Gasteiger partial charge in [0.25, 0.3) is 0 Å². The molecule has 0 fully saturated rings. The Morgan fingerprint density at radius 2 is 1.97 bits per heavy atom. The molecule has 0 saturated carbocycles. The molecule has 0 saturated heterocycles. The normalized spacial score (nSPS) is 16.4. The van der Waals surface area contributed by atoms with Crippen LogP contribution in [0.3, 0.4) is 0 Å². The molecule has 4 rings (SSSR count). The maximum atomic E-state index is 14.5. The Balaban J connectivity index is 1.73. The zero-order chi connectivity index (χ0) is 21.3. The molecule has 0 radical (unpaired) electrons. The Morgan fingerprint density at radius 3 is 2.67 bits per heavy atom. The van der Waals surface area contributed by atoms with Crippen molar-refractivity contribution in [3.8, 4) is 0 Å². The van der Waals surface area contributed by atoms with Gasteiger partial charge < -0.3 is 4.42 Å². The highest BCUT2D eigenvalue weighted by Gasteiger charge is 2.36. The average Bonchev–Trinajstić information content (AvgIpc) is 3.37. The second-order valence-corrected chi connectivity index (χ2v) is 8.62. The largest absolute Gasteiger partial charge is 0.459 e. The number of sulfonamides is 1. The number of benzene rings is 2. The van der Waals surface area contributed by atoms with Gasteiger partial charge in [0.05, 0.1) is 24.3 Å². The minimum Gasteiger partial charge on any atom is -0.459 e. The van der Waals surface area contributed by atoms with Crippen LogP contribution in [0.25, 0.3) is 0 Å². The van der Waals surface area contributed by atoms with Crippen LogP contribution in [0.2, 0.25) is 0 Å². The van der Waals surface area contributed by atoms with E-state index >= 15 is 0 Å². The lowest BCUT2D eigenvalue weighted by Crippen LogP contribution is -2.27. The molecule has 2 heterocycles. The molecular formula is C21H18FN3O4S. The van der Waals surface area contributed by atoms with E-state index in [0.29, 0.717) is 22.5 Å². The molecule has 1 aliphatic rings. The van der Waals surface area contributed by atoms with Crippen LogP contribution >= 0.6 is 0 Å². The van der Waals surface area contributed by atoms with Crippen molar-refractivity contribution < 1.29 is 22.0 Å². The summed E-state index contributed by atoms with van der Waals surface area (Å²) in [5.74, 6) is -0.841. The molecule has 1 aromatic heterocycles. The first-order valence-electron chi connectivity index (χ1n) is 9.09. The highest BCUT2D eigenvalue weighted by Crippen LogP contribution is 2.35. The van der Waals surface area contributed by atoms with Gasteiger partial charge in [0.2, 0.25) is 10.0 Å². The number of furan rings is 1. The van der Waals surface area contributed by atoms with Crippen LogP contribution < -0.4 is 4.72 Å². The average molecular weight is 427 g/mol. The third-order valence-electron chi connectivity index (χ3n) is 4.61. The second kappa shape index (κ2) is 7.75. The number of nitrogens with one attached hydrogen (secondary N) is 1. The summed E-state index contributed by atoms with van der Waals surface area (Å²) >= 11 is 0. The van der Waals surface area contributed by atoms with Crippen LogP contribution in [0, 0.1) is 5.82 Å². The lowest BCUT2D eigenvalue weighted by Gasteiger charge is -2.21. The predicted octanol–water partition coefficient (Wildman–Crippen LogP) is 3.78. The molecule has 9 heteroatoms. The fourth-order valence-electron chi connectivity index (χ4n) is 3.35. The SMILES string of the molecule is CS(=O)(=O)Nc1cccc(C2=NN(C(=O)c3ccco3)[C@@H](c3ccccc3F)C2)c1. The Hall–Kier alpha value is -3.46. The molecule has 1 N–H and O–H groups in total. The van der Waals surface area contributed by atoms with Gasteiger partial charge in [0, 0.05) is 17.7 Å². The van der Waals surface area contributed by atoms with Crippen LogP contribution in [-0.2, 0) is 10.0 Å². The number of hydrazone groups is 1. The number of hydrogen-bond donors (Lipinski definition) is 1. The Bertz CT molecular complexity index is 1220. The maximum Gasteiger partial charge on any atom is 0.310 e. The third-order valence-corrected chi connectivity index (χ3v) is 5.22. The number of anilines is 1. The van der Waals surface area contributed by atoms with E-state index in [1.54, 1.807) is 48.5 Å².